The molecule has 1 saturated heterocycles. The Labute approximate surface area is 435 Å². The number of rotatable bonds is 27. The van der Waals surface area contributed by atoms with Crippen molar-refractivity contribution in [2.75, 3.05) is 13.2 Å². The third kappa shape index (κ3) is 13.3. The molecule has 0 spiro atoms. The van der Waals surface area contributed by atoms with Crippen LogP contribution in [0.25, 0.3) is 0 Å². The molecule has 0 aromatic heterocycles. The van der Waals surface area contributed by atoms with E-state index in [2.05, 4.69) is 31.4 Å². The molecular formula is C57H97FN2O13. The van der Waals surface area contributed by atoms with Crippen LogP contribution in [0, 0.1) is 57.7 Å². The van der Waals surface area contributed by atoms with Crippen LogP contribution in [0.2, 0.25) is 0 Å². The standard InChI is InChI=1S/C57H97FN2O13/c1-7-41(62)48(66)40(59-44(64)16-14-12-10-8-9-11-13-15-23-56-30-57(58,31-56)32-56)28-72-53-51(69)50(68)49(67)43(73-53)29-71-52(70)47(33(2)3)60-45(65)20-17-34(4)37-18-19-38-46-39(22-25-55(37,38)6)54(5)24-21-36(61)26-35(54)27-42(46)63/h33-43,46-51,53,61-63,66-69H,7-32H2,1-6H3,(H,59,64)(H,60,65)/t34-,35?,36-,37?,38?,39?,40+,41-,42-,43?,46?,47+,48+,49?,50?,51?,53?,54+,55-,56?,57?/m1/s1. The minimum atomic E-state index is -1.77. The molecule has 7 aliphatic carbocycles. The highest BCUT2D eigenvalue weighted by atomic mass is 19.1. The molecule has 73 heavy (non-hydrogen) atoms. The zero-order valence-electron chi connectivity index (χ0n) is 45.2. The number of alkyl halides is 1. The van der Waals surface area contributed by atoms with Gasteiger partial charge in [0.2, 0.25) is 11.8 Å². The quantitative estimate of drug-likeness (QED) is 0.0324. The van der Waals surface area contributed by atoms with Gasteiger partial charge in [-0.15, -0.1) is 0 Å². The van der Waals surface area contributed by atoms with Crippen molar-refractivity contribution in [2.24, 2.45) is 57.7 Å². The molecule has 420 valence electrons. The number of esters is 1. The van der Waals surface area contributed by atoms with Crippen molar-refractivity contribution < 1.29 is 68.7 Å². The molecule has 16 heteroatoms. The predicted octanol–water partition coefficient (Wildman–Crippen LogP) is 6.31. The van der Waals surface area contributed by atoms with E-state index in [1.807, 2.05) is 0 Å². The largest absolute Gasteiger partial charge is 0.461 e. The van der Waals surface area contributed by atoms with E-state index in [1.54, 1.807) is 20.8 Å². The fraction of sp³-hybridized carbons (Fsp3) is 0.947. The minimum absolute atomic E-state index is 0.0650. The summed E-state index contributed by atoms with van der Waals surface area (Å²) in [6.45, 7) is 11.3. The van der Waals surface area contributed by atoms with Crippen molar-refractivity contribution >= 4 is 17.8 Å². The first-order valence-corrected chi connectivity index (χ1v) is 29.0. The third-order valence-corrected chi connectivity index (χ3v) is 20.5. The Morgan fingerprint density at radius 3 is 2.04 bits per heavy atom. The van der Waals surface area contributed by atoms with E-state index in [0.717, 1.165) is 116 Å². The molecular weight excluding hydrogens is 940 g/mol. The number of fused-ring (bicyclic) bond motifs is 5. The summed E-state index contributed by atoms with van der Waals surface area (Å²) in [5, 5.41) is 81.8. The Balaban J connectivity index is 0.826. The number of halogens is 1. The van der Waals surface area contributed by atoms with Crippen molar-refractivity contribution in [3.63, 3.8) is 0 Å². The van der Waals surface area contributed by atoms with Crippen molar-refractivity contribution in [1.82, 2.24) is 10.6 Å². The molecule has 0 radical (unpaired) electrons. The van der Waals surface area contributed by atoms with E-state index in [4.69, 9.17) is 14.2 Å². The van der Waals surface area contributed by atoms with Gasteiger partial charge >= 0.3 is 5.97 Å². The Hall–Kier alpha value is -2.02. The molecule has 1 heterocycles. The van der Waals surface area contributed by atoms with E-state index in [1.165, 1.54) is 6.42 Å². The zero-order chi connectivity index (χ0) is 53.0. The van der Waals surface area contributed by atoms with Crippen LogP contribution < -0.4 is 10.6 Å². The molecule has 19 atom stereocenters. The van der Waals surface area contributed by atoms with Gasteiger partial charge < -0.3 is 60.6 Å². The van der Waals surface area contributed by atoms with Crippen molar-refractivity contribution in [2.45, 2.75) is 269 Å². The molecule has 2 bridgehead atoms. The maximum atomic E-state index is 13.8. The molecule has 8 rings (SSSR count). The van der Waals surface area contributed by atoms with Crippen LogP contribution in [-0.2, 0) is 28.6 Å². The smallest absolute Gasteiger partial charge is 0.328 e. The summed E-state index contributed by atoms with van der Waals surface area (Å²) in [6, 6.07) is -2.12. The van der Waals surface area contributed by atoms with Gasteiger partial charge in [0.25, 0.3) is 0 Å². The first kappa shape index (κ1) is 58.7. The van der Waals surface area contributed by atoms with Gasteiger partial charge in [0, 0.05) is 12.8 Å². The van der Waals surface area contributed by atoms with Crippen LogP contribution in [0.1, 0.15) is 196 Å². The lowest BCUT2D eigenvalue weighted by Gasteiger charge is -2.66. The Morgan fingerprint density at radius 1 is 0.753 bits per heavy atom. The number of unbranched alkanes of at least 4 members (excludes halogenated alkanes) is 7. The van der Waals surface area contributed by atoms with E-state index in [-0.39, 0.29) is 71.9 Å². The monoisotopic (exact) mass is 1040 g/mol. The van der Waals surface area contributed by atoms with Crippen LogP contribution in [0.15, 0.2) is 0 Å². The molecule has 7 saturated carbocycles. The molecule has 8 fully saturated rings. The number of carbonyl (C=O) groups is 3. The van der Waals surface area contributed by atoms with Crippen LogP contribution in [0.5, 0.6) is 0 Å². The summed E-state index contributed by atoms with van der Waals surface area (Å²) in [5.41, 5.74) is -0.286. The summed E-state index contributed by atoms with van der Waals surface area (Å²) >= 11 is 0. The molecule has 8 aliphatic rings. The highest BCUT2D eigenvalue weighted by Gasteiger charge is 2.68. The second-order valence-corrected chi connectivity index (χ2v) is 25.9. The van der Waals surface area contributed by atoms with Gasteiger partial charge in [0.1, 0.15) is 48.8 Å². The van der Waals surface area contributed by atoms with Gasteiger partial charge in [-0.3, -0.25) is 9.59 Å². The molecule has 1 aliphatic heterocycles. The van der Waals surface area contributed by atoms with Gasteiger partial charge in [0.05, 0.1) is 31.0 Å². The Morgan fingerprint density at radius 2 is 1.38 bits per heavy atom. The Bertz CT molecular complexity index is 1810. The number of aliphatic hydroxyl groups is 7. The first-order valence-electron chi connectivity index (χ1n) is 29.0. The lowest BCUT2D eigenvalue weighted by atomic mass is 9.41. The fourth-order valence-electron chi connectivity index (χ4n) is 16.1. The number of aliphatic hydroxyl groups excluding tert-OH is 7. The first-order chi connectivity index (χ1) is 34.5. The summed E-state index contributed by atoms with van der Waals surface area (Å²) in [7, 11) is 0. The number of ether oxygens (including phenoxy) is 3. The molecule has 2 amide bonds. The second kappa shape index (κ2) is 24.8. The van der Waals surface area contributed by atoms with Gasteiger partial charge in [-0.05, 0) is 154 Å². The SMILES string of the molecule is CC[C@@H](O)[C@@H](O)[C@H](COC1OC(COC(=O)[C@@H](NC(=O)CC[C@@H](C)C2CCC3C4C(CC[C@@]32C)[C@@]2(C)CC[C@@H](O)CC2C[C@H]4O)C(C)C)C(O)C(O)C1O)NC(=O)CCCCCCCCCCC12CC(F)(C1)C2. The maximum Gasteiger partial charge on any atom is 0.328 e. The molecule has 9 N–H and O–H groups in total. The van der Waals surface area contributed by atoms with Gasteiger partial charge in [-0.2, -0.15) is 0 Å². The summed E-state index contributed by atoms with van der Waals surface area (Å²) < 4.78 is 31.0. The van der Waals surface area contributed by atoms with Crippen LogP contribution in [0.4, 0.5) is 4.39 Å². The predicted molar refractivity (Wildman–Crippen MR) is 272 cm³/mol. The normalized spacial score (nSPS) is 40.6. The average Bonchev–Trinajstić information content (AvgIpc) is 3.69. The number of nitrogens with one attached hydrogen (secondary N) is 2. The summed E-state index contributed by atoms with van der Waals surface area (Å²) in [4.78, 5) is 40.1. The van der Waals surface area contributed by atoms with Crippen molar-refractivity contribution in [3.05, 3.63) is 0 Å². The van der Waals surface area contributed by atoms with Crippen molar-refractivity contribution in [3.8, 4) is 0 Å². The molecule has 0 aromatic rings. The highest BCUT2D eigenvalue weighted by molar-refractivity contribution is 5.84. The minimum Gasteiger partial charge on any atom is -0.461 e. The third-order valence-electron chi connectivity index (χ3n) is 20.5. The van der Waals surface area contributed by atoms with Crippen LogP contribution >= 0.6 is 0 Å². The van der Waals surface area contributed by atoms with E-state index in [9.17, 15) is 54.5 Å². The van der Waals surface area contributed by atoms with Gasteiger partial charge in [-0.1, -0.05) is 86.5 Å². The summed E-state index contributed by atoms with van der Waals surface area (Å²) in [5.74, 6) is 0.414. The van der Waals surface area contributed by atoms with Gasteiger partial charge in [0.15, 0.2) is 6.29 Å². The van der Waals surface area contributed by atoms with E-state index >= 15 is 0 Å². The highest BCUT2D eigenvalue weighted by Crippen LogP contribution is 2.71. The van der Waals surface area contributed by atoms with Crippen LogP contribution in [-0.4, -0.2) is 140 Å². The summed E-state index contributed by atoms with van der Waals surface area (Å²) in [6.07, 6.45) is 9.24. The number of carbonyl (C=O) groups excluding carboxylic acids is 3. The molecule has 0 aromatic carbocycles. The number of amides is 2. The molecule has 10 unspecified atom stereocenters. The van der Waals surface area contributed by atoms with Gasteiger partial charge in [-0.25, -0.2) is 9.18 Å². The average molecular weight is 1040 g/mol. The van der Waals surface area contributed by atoms with E-state index < -0.39 is 79.8 Å². The molecule has 15 nitrogen and oxygen atoms in total. The van der Waals surface area contributed by atoms with Crippen LogP contribution in [0.3, 0.4) is 0 Å². The number of hydrogen-bond acceptors (Lipinski definition) is 13. The Kier molecular flexibility index (Phi) is 19.9. The zero-order valence-corrected chi connectivity index (χ0v) is 45.2. The lowest BCUT2D eigenvalue weighted by Crippen LogP contribution is -2.64. The van der Waals surface area contributed by atoms with E-state index in [0.29, 0.717) is 41.9 Å². The fourth-order valence-corrected chi connectivity index (χ4v) is 16.1. The lowest BCUT2D eigenvalue weighted by molar-refractivity contribution is -0.303. The maximum absolute atomic E-state index is 13.8. The second-order valence-electron chi connectivity index (χ2n) is 25.9. The van der Waals surface area contributed by atoms with Crippen molar-refractivity contribution in [1.29, 1.82) is 0 Å². The number of hydrogen-bond donors (Lipinski definition) is 9. The topological polar surface area (TPSA) is 245 Å².